The number of likely N-dealkylation sites (N-methyl/N-ethyl adjacent to an activating group) is 1. The Balaban J connectivity index is 1.40. The van der Waals surface area contributed by atoms with Crippen LogP contribution < -0.4 is 11.1 Å². The number of nitrogens with one attached hydrogen (secondary N) is 1. The summed E-state index contributed by atoms with van der Waals surface area (Å²) in [6.45, 7) is 9.68. The van der Waals surface area contributed by atoms with Gasteiger partial charge in [-0.2, -0.15) is 0 Å². The van der Waals surface area contributed by atoms with Crippen molar-refractivity contribution in [2.45, 2.75) is 39.3 Å². The zero-order chi connectivity index (χ0) is 23.8. The normalized spacial score (nSPS) is 25.2. The summed E-state index contributed by atoms with van der Waals surface area (Å²) in [6.07, 6.45) is 7.13. The van der Waals surface area contributed by atoms with E-state index in [1.54, 1.807) is 0 Å². The summed E-state index contributed by atoms with van der Waals surface area (Å²) in [4.78, 5) is 22.3. The van der Waals surface area contributed by atoms with Gasteiger partial charge in [-0.15, -0.1) is 0 Å². The van der Waals surface area contributed by atoms with E-state index in [2.05, 4.69) is 59.2 Å². The fourth-order valence-corrected chi connectivity index (χ4v) is 5.86. The molecule has 0 amide bonds. The molecule has 0 saturated heterocycles. The van der Waals surface area contributed by atoms with Gasteiger partial charge in [-0.25, -0.2) is 15.0 Å². The van der Waals surface area contributed by atoms with E-state index in [1.807, 2.05) is 13.2 Å². The molecule has 180 valence electrons. The zero-order valence-electron chi connectivity index (χ0n) is 20.3. The number of pyridine rings is 1. The van der Waals surface area contributed by atoms with E-state index < -0.39 is 0 Å². The molecule has 8 nitrogen and oxygen atoms in total. The second-order valence-electron chi connectivity index (χ2n) is 9.57. The minimum absolute atomic E-state index is 0.0741. The van der Waals surface area contributed by atoms with E-state index in [9.17, 15) is 0 Å². The van der Waals surface area contributed by atoms with Crippen LogP contribution in [-0.4, -0.2) is 65.9 Å². The van der Waals surface area contributed by atoms with Gasteiger partial charge in [0, 0.05) is 30.9 Å². The van der Waals surface area contributed by atoms with E-state index in [0.29, 0.717) is 17.7 Å². The fourth-order valence-electron chi connectivity index (χ4n) is 5.20. The van der Waals surface area contributed by atoms with Gasteiger partial charge in [0.05, 0.1) is 12.5 Å². The van der Waals surface area contributed by atoms with Gasteiger partial charge in [0.15, 0.2) is 11.3 Å². The van der Waals surface area contributed by atoms with Crippen LogP contribution in [0.25, 0.3) is 10.3 Å². The van der Waals surface area contributed by atoms with Crippen molar-refractivity contribution in [1.82, 2.24) is 20.2 Å². The van der Waals surface area contributed by atoms with Crippen molar-refractivity contribution in [3.05, 3.63) is 41.3 Å². The van der Waals surface area contributed by atoms with Crippen LogP contribution in [0.3, 0.4) is 0 Å². The first-order valence-electron chi connectivity index (χ1n) is 12.0. The lowest BCUT2D eigenvalue weighted by Crippen LogP contribution is -2.46. The number of amidine groups is 1. The molecule has 9 heteroatoms. The SMILES string of the molecule is CNCC1N=C(C)C(C(C)C)C(N2CCOC3=C(CC(c4cnc5sc(N)nc5c4)C=C3)C2)=N1. The summed E-state index contributed by atoms with van der Waals surface area (Å²) >= 11 is 1.42. The Bertz CT molecular complexity index is 1200. The maximum Gasteiger partial charge on any atom is 0.182 e. The van der Waals surface area contributed by atoms with Crippen molar-refractivity contribution in [2.24, 2.45) is 21.8 Å². The molecule has 3 unspecified atom stereocenters. The second-order valence-corrected chi connectivity index (χ2v) is 10.6. The molecule has 0 saturated carbocycles. The predicted octanol–water partition coefficient (Wildman–Crippen LogP) is 3.59. The minimum atomic E-state index is -0.0741. The molecular formula is C25H33N7OS. The largest absolute Gasteiger partial charge is 0.492 e. The highest BCUT2D eigenvalue weighted by Crippen LogP contribution is 2.35. The van der Waals surface area contributed by atoms with Crippen molar-refractivity contribution in [3.63, 3.8) is 0 Å². The van der Waals surface area contributed by atoms with Gasteiger partial charge in [0.1, 0.15) is 28.5 Å². The second kappa shape index (κ2) is 9.46. The van der Waals surface area contributed by atoms with Crippen molar-refractivity contribution in [1.29, 1.82) is 0 Å². The van der Waals surface area contributed by atoms with Crippen molar-refractivity contribution < 1.29 is 4.74 Å². The average molecular weight is 480 g/mol. The number of nitrogen functional groups attached to an aromatic ring is 1. The lowest BCUT2D eigenvalue weighted by molar-refractivity contribution is 0.212. The Morgan fingerprint density at radius 3 is 2.97 bits per heavy atom. The van der Waals surface area contributed by atoms with Crippen LogP contribution in [0.15, 0.2) is 45.7 Å². The van der Waals surface area contributed by atoms with Crippen molar-refractivity contribution in [3.8, 4) is 0 Å². The Morgan fingerprint density at radius 1 is 1.32 bits per heavy atom. The van der Waals surface area contributed by atoms with Gasteiger partial charge in [-0.1, -0.05) is 31.3 Å². The Morgan fingerprint density at radius 2 is 2.18 bits per heavy atom. The third-order valence-electron chi connectivity index (χ3n) is 6.75. The van der Waals surface area contributed by atoms with E-state index in [1.165, 1.54) is 22.6 Å². The molecule has 5 rings (SSSR count). The Kier molecular flexibility index (Phi) is 6.40. The third-order valence-corrected chi connectivity index (χ3v) is 7.56. The van der Waals surface area contributed by atoms with Crippen LogP contribution in [0.1, 0.15) is 38.7 Å². The summed E-state index contributed by atoms with van der Waals surface area (Å²) < 4.78 is 6.19. The molecule has 0 bridgehead atoms. The maximum absolute atomic E-state index is 6.19. The molecule has 0 spiro atoms. The van der Waals surface area contributed by atoms with Gasteiger partial charge < -0.3 is 20.7 Å². The standard InChI is InChI=1S/C25H33N7OS/c1-14(2)22-15(3)29-21(12-27-4)31-23(22)32-7-8-33-20-6-5-16(9-18(20)13-32)17-10-19-24(28-11-17)34-25(26)30-19/h5-6,10-11,14,16,21-22,27H,7-9,12-13H2,1-4H3,(H2,26,30). The van der Waals surface area contributed by atoms with E-state index in [0.717, 1.165) is 53.6 Å². The number of fused-ring (bicyclic) bond motifs is 1. The molecule has 2 aromatic heterocycles. The number of anilines is 1. The number of hydrogen-bond donors (Lipinski definition) is 2. The number of hydrogen-bond acceptors (Lipinski definition) is 9. The first-order chi connectivity index (χ1) is 16.4. The highest BCUT2D eigenvalue weighted by atomic mass is 32.1. The summed E-state index contributed by atoms with van der Waals surface area (Å²) in [6, 6.07) is 2.12. The number of nitrogens with two attached hydrogens (primary N) is 1. The lowest BCUT2D eigenvalue weighted by atomic mass is 9.86. The molecule has 2 aromatic rings. The van der Waals surface area contributed by atoms with Crippen LogP contribution in [0.2, 0.25) is 0 Å². The summed E-state index contributed by atoms with van der Waals surface area (Å²) in [7, 11) is 1.95. The molecule has 4 heterocycles. The van der Waals surface area contributed by atoms with Gasteiger partial charge in [0.2, 0.25) is 0 Å². The Labute approximate surface area is 204 Å². The topological polar surface area (TPSA) is 101 Å². The van der Waals surface area contributed by atoms with Crippen LogP contribution in [-0.2, 0) is 4.74 Å². The molecule has 1 aliphatic carbocycles. The average Bonchev–Trinajstić information content (AvgIpc) is 3.04. The maximum atomic E-state index is 6.19. The van der Waals surface area contributed by atoms with Gasteiger partial charge in [-0.3, -0.25) is 4.99 Å². The number of allylic oxidation sites excluding steroid dienone is 2. The Hall–Kier alpha value is -2.78. The number of rotatable bonds is 4. The zero-order valence-corrected chi connectivity index (χ0v) is 21.1. The van der Waals surface area contributed by atoms with Crippen molar-refractivity contribution in [2.75, 3.05) is 39.0 Å². The highest BCUT2D eigenvalue weighted by molar-refractivity contribution is 7.21. The predicted molar refractivity (Wildman–Crippen MR) is 139 cm³/mol. The molecule has 34 heavy (non-hydrogen) atoms. The molecule has 0 aromatic carbocycles. The number of thiazole rings is 1. The fraction of sp³-hybridized carbons (Fsp3) is 0.520. The molecular weight excluding hydrogens is 446 g/mol. The van der Waals surface area contributed by atoms with E-state index in [4.69, 9.17) is 20.5 Å². The highest BCUT2D eigenvalue weighted by Gasteiger charge is 2.34. The third kappa shape index (κ3) is 4.46. The molecule has 3 N–H and O–H groups in total. The first kappa shape index (κ1) is 23.0. The number of aliphatic imine (C=N–C) groups is 2. The molecule has 0 radical (unpaired) electrons. The summed E-state index contributed by atoms with van der Waals surface area (Å²) in [5.74, 6) is 3.04. The minimum Gasteiger partial charge on any atom is -0.492 e. The number of aromatic nitrogens is 2. The molecule has 0 fully saturated rings. The van der Waals surface area contributed by atoms with E-state index >= 15 is 0 Å². The summed E-state index contributed by atoms with van der Waals surface area (Å²) in [5, 5.41) is 3.78. The lowest BCUT2D eigenvalue weighted by Gasteiger charge is -2.36. The first-order valence-corrected chi connectivity index (χ1v) is 12.8. The monoisotopic (exact) mass is 479 g/mol. The van der Waals surface area contributed by atoms with E-state index in [-0.39, 0.29) is 18.0 Å². The van der Waals surface area contributed by atoms with Crippen LogP contribution in [0, 0.1) is 11.8 Å². The molecule has 3 atom stereocenters. The van der Waals surface area contributed by atoms with Crippen LogP contribution in [0.4, 0.5) is 5.13 Å². The van der Waals surface area contributed by atoms with Gasteiger partial charge in [-0.05, 0) is 49.6 Å². The molecule has 3 aliphatic rings. The van der Waals surface area contributed by atoms with Crippen LogP contribution in [0.5, 0.6) is 0 Å². The summed E-state index contributed by atoms with van der Waals surface area (Å²) in [5.41, 5.74) is 10.4. The van der Waals surface area contributed by atoms with Gasteiger partial charge in [0.25, 0.3) is 0 Å². The quantitative estimate of drug-likeness (QED) is 0.695. The smallest absolute Gasteiger partial charge is 0.182 e. The molecule has 2 aliphatic heterocycles. The van der Waals surface area contributed by atoms with Crippen LogP contribution >= 0.6 is 11.3 Å². The number of nitrogens with zero attached hydrogens (tertiary/aromatic N) is 5. The van der Waals surface area contributed by atoms with Gasteiger partial charge >= 0.3 is 0 Å². The van der Waals surface area contributed by atoms with Crippen molar-refractivity contribution >= 4 is 38.4 Å². The number of ether oxygens (including phenoxy) is 1.